The Morgan fingerprint density at radius 1 is 1.00 bits per heavy atom. The molecule has 3 fully saturated rings. The third-order valence-electron chi connectivity index (χ3n) is 7.64. The molecule has 2 saturated carbocycles. The molecule has 3 N–H and O–H groups in total. The molecule has 0 radical (unpaired) electrons. The SMILES string of the molecule is CNC1CCC2(CC1)CC(Nc1cccc3c1C(=O)N(C1CCC(=O)NC1=O)C3=O)C2.Cl. The second-order valence-corrected chi connectivity index (χ2v) is 9.49. The van der Waals surface area contributed by atoms with Gasteiger partial charge in [0, 0.05) is 24.2 Å². The number of anilines is 1. The Morgan fingerprint density at radius 3 is 2.38 bits per heavy atom. The lowest BCUT2D eigenvalue weighted by molar-refractivity contribution is -0.136. The zero-order valence-electron chi connectivity index (χ0n) is 18.1. The summed E-state index contributed by atoms with van der Waals surface area (Å²) in [6.07, 6.45) is 7.30. The zero-order valence-corrected chi connectivity index (χ0v) is 18.9. The molecular formula is C23H29ClN4O4. The number of imide groups is 2. The Labute approximate surface area is 193 Å². The van der Waals surface area contributed by atoms with Gasteiger partial charge in [-0.1, -0.05) is 6.07 Å². The van der Waals surface area contributed by atoms with Crippen LogP contribution in [0.1, 0.15) is 72.1 Å². The highest BCUT2D eigenvalue weighted by Crippen LogP contribution is 2.52. The summed E-state index contributed by atoms with van der Waals surface area (Å²) >= 11 is 0. The molecule has 4 amide bonds. The average Bonchev–Trinajstić information content (AvgIpc) is 2.99. The van der Waals surface area contributed by atoms with Gasteiger partial charge in [0.2, 0.25) is 11.8 Å². The summed E-state index contributed by atoms with van der Waals surface area (Å²) in [6.45, 7) is 0. The van der Waals surface area contributed by atoms with E-state index >= 15 is 0 Å². The van der Waals surface area contributed by atoms with Gasteiger partial charge in [0.1, 0.15) is 6.04 Å². The van der Waals surface area contributed by atoms with Gasteiger partial charge in [-0.05, 0) is 69.5 Å². The van der Waals surface area contributed by atoms with E-state index in [0.717, 1.165) is 17.7 Å². The van der Waals surface area contributed by atoms with Crippen molar-refractivity contribution in [1.82, 2.24) is 15.5 Å². The predicted octanol–water partition coefficient (Wildman–Crippen LogP) is 2.23. The maximum absolute atomic E-state index is 13.2. The molecule has 1 atom stereocenters. The number of nitrogens with one attached hydrogen (secondary N) is 3. The quantitative estimate of drug-likeness (QED) is 0.595. The second-order valence-electron chi connectivity index (χ2n) is 9.49. The van der Waals surface area contributed by atoms with Gasteiger partial charge >= 0.3 is 0 Å². The highest BCUT2D eigenvalue weighted by atomic mass is 35.5. The molecule has 172 valence electrons. The lowest BCUT2D eigenvalue weighted by Gasteiger charge is -2.52. The molecule has 0 bridgehead atoms. The van der Waals surface area contributed by atoms with Crippen LogP contribution < -0.4 is 16.0 Å². The van der Waals surface area contributed by atoms with Gasteiger partial charge in [-0.15, -0.1) is 12.4 Å². The van der Waals surface area contributed by atoms with Crippen LogP contribution in [-0.2, 0) is 9.59 Å². The molecule has 5 rings (SSSR count). The van der Waals surface area contributed by atoms with E-state index in [9.17, 15) is 19.2 Å². The molecule has 1 saturated heterocycles. The van der Waals surface area contributed by atoms with Crippen molar-refractivity contribution in [3.05, 3.63) is 29.3 Å². The molecule has 4 aliphatic rings. The average molecular weight is 461 g/mol. The number of hydrogen-bond donors (Lipinski definition) is 3. The maximum Gasteiger partial charge on any atom is 0.264 e. The van der Waals surface area contributed by atoms with Gasteiger partial charge in [-0.3, -0.25) is 29.4 Å². The number of benzene rings is 1. The van der Waals surface area contributed by atoms with Crippen LogP contribution in [0.3, 0.4) is 0 Å². The van der Waals surface area contributed by atoms with Gasteiger partial charge in [0.15, 0.2) is 0 Å². The van der Waals surface area contributed by atoms with Gasteiger partial charge in [-0.25, -0.2) is 0 Å². The summed E-state index contributed by atoms with van der Waals surface area (Å²) in [5, 5.41) is 9.11. The Balaban J connectivity index is 0.00000245. The first-order chi connectivity index (χ1) is 14.9. The molecule has 1 unspecified atom stereocenters. The highest BCUT2D eigenvalue weighted by Gasteiger charge is 2.48. The number of carbonyl (C=O) groups excluding carboxylic acids is 4. The number of fused-ring (bicyclic) bond motifs is 1. The minimum atomic E-state index is -0.938. The van der Waals surface area contributed by atoms with E-state index in [2.05, 4.69) is 16.0 Å². The second kappa shape index (κ2) is 8.48. The molecule has 1 aromatic carbocycles. The van der Waals surface area contributed by atoms with Gasteiger partial charge < -0.3 is 10.6 Å². The Morgan fingerprint density at radius 2 is 1.72 bits per heavy atom. The standard InChI is InChI=1S/C23H28N4O4.ClH/c1-24-13-7-9-23(10-8-13)11-14(12-23)25-16-4-2-3-15-19(16)22(31)27(21(15)30)17-5-6-18(28)26-20(17)29;/h2-4,13-14,17,24-25H,5-12H2,1H3,(H,26,28,29);1H. The first-order valence-electron chi connectivity index (χ1n) is 11.2. The maximum atomic E-state index is 13.2. The molecule has 1 aromatic rings. The molecule has 2 aliphatic carbocycles. The summed E-state index contributed by atoms with van der Waals surface area (Å²) in [6, 6.07) is 5.20. The van der Waals surface area contributed by atoms with Crippen molar-refractivity contribution >= 4 is 41.7 Å². The molecular weight excluding hydrogens is 432 g/mol. The normalized spacial score (nSPS) is 31.7. The monoisotopic (exact) mass is 460 g/mol. The number of amides is 4. The van der Waals surface area contributed by atoms with Crippen LogP contribution in [0.2, 0.25) is 0 Å². The zero-order chi connectivity index (χ0) is 21.8. The summed E-state index contributed by atoms with van der Waals surface area (Å²) in [5.74, 6) is -1.88. The third kappa shape index (κ3) is 3.69. The van der Waals surface area contributed by atoms with Crippen molar-refractivity contribution in [3.8, 4) is 0 Å². The van der Waals surface area contributed by atoms with Crippen molar-refractivity contribution < 1.29 is 19.2 Å². The van der Waals surface area contributed by atoms with Crippen LogP contribution >= 0.6 is 12.4 Å². The summed E-state index contributed by atoms with van der Waals surface area (Å²) < 4.78 is 0. The molecule has 2 heterocycles. The van der Waals surface area contributed by atoms with E-state index in [1.54, 1.807) is 12.1 Å². The van der Waals surface area contributed by atoms with Gasteiger partial charge in [0.25, 0.3) is 11.8 Å². The van der Waals surface area contributed by atoms with Crippen LogP contribution in [0.4, 0.5) is 5.69 Å². The molecule has 0 aromatic heterocycles. The van der Waals surface area contributed by atoms with Crippen LogP contribution in [-0.4, -0.2) is 53.7 Å². The molecule has 32 heavy (non-hydrogen) atoms. The fourth-order valence-corrected chi connectivity index (χ4v) is 5.87. The van der Waals surface area contributed by atoms with E-state index in [4.69, 9.17) is 0 Å². The van der Waals surface area contributed by atoms with E-state index in [1.165, 1.54) is 25.7 Å². The van der Waals surface area contributed by atoms with Crippen molar-refractivity contribution in [3.63, 3.8) is 0 Å². The smallest absolute Gasteiger partial charge is 0.264 e. The van der Waals surface area contributed by atoms with E-state index < -0.39 is 23.8 Å². The van der Waals surface area contributed by atoms with Gasteiger partial charge in [-0.2, -0.15) is 0 Å². The van der Waals surface area contributed by atoms with Crippen LogP contribution in [0.25, 0.3) is 0 Å². The van der Waals surface area contributed by atoms with Crippen LogP contribution in [0, 0.1) is 5.41 Å². The van der Waals surface area contributed by atoms with Crippen molar-refractivity contribution in [2.45, 2.75) is 69.5 Å². The lowest BCUT2D eigenvalue weighted by Crippen LogP contribution is -2.54. The third-order valence-corrected chi connectivity index (χ3v) is 7.64. The lowest BCUT2D eigenvalue weighted by atomic mass is 9.57. The minimum Gasteiger partial charge on any atom is -0.382 e. The number of carbonyl (C=O) groups is 4. The Bertz CT molecular complexity index is 965. The van der Waals surface area contributed by atoms with Crippen molar-refractivity contribution in [2.24, 2.45) is 5.41 Å². The molecule has 8 nitrogen and oxygen atoms in total. The minimum absolute atomic E-state index is 0. The van der Waals surface area contributed by atoms with E-state index in [-0.39, 0.29) is 37.2 Å². The number of piperidine rings is 1. The first kappa shape index (κ1) is 22.7. The number of rotatable bonds is 4. The molecule has 9 heteroatoms. The highest BCUT2D eigenvalue weighted by molar-refractivity contribution is 6.25. The van der Waals surface area contributed by atoms with E-state index in [1.807, 2.05) is 13.1 Å². The number of hydrogen-bond acceptors (Lipinski definition) is 6. The molecule has 2 aliphatic heterocycles. The Hall–Kier alpha value is -2.45. The summed E-state index contributed by atoms with van der Waals surface area (Å²) in [5.41, 5.74) is 1.73. The van der Waals surface area contributed by atoms with Gasteiger partial charge in [0.05, 0.1) is 11.1 Å². The van der Waals surface area contributed by atoms with Crippen LogP contribution in [0.15, 0.2) is 18.2 Å². The predicted molar refractivity (Wildman–Crippen MR) is 121 cm³/mol. The molecule has 1 spiro atoms. The first-order valence-corrected chi connectivity index (χ1v) is 11.2. The topological polar surface area (TPSA) is 108 Å². The fourth-order valence-electron chi connectivity index (χ4n) is 5.87. The Kier molecular flexibility index (Phi) is 6.02. The summed E-state index contributed by atoms with van der Waals surface area (Å²) in [7, 11) is 2.03. The largest absolute Gasteiger partial charge is 0.382 e. The number of halogens is 1. The summed E-state index contributed by atoms with van der Waals surface area (Å²) in [4.78, 5) is 50.9. The number of nitrogens with zero attached hydrogens (tertiary/aromatic N) is 1. The van der Waals surface area contributed by atoms with Crippen molar-refractivity contribution in [1.29, 1.82) is 0 Å². The fraction of sp³-hybridized carbons (Fsp3) is 0.565. The van der Waals surface area contributed by atoms with Crippen molar-refractivity contribution in [2.75, 3.05) is 12.4 Å². The van der Waals surface area contributed by atoms with Crippen LogP contribution in [0.5, 0.6) is 0 Å². The van der Waals surface area contributed by atoms with E-state index in [0.29, 0.717) is 28.3 Å².